The molecule has 0 spiro atoms. The van der Waals surface area contributed by atoms with E-state index < -0.39 is 36.3 Å². The zero-order valence-electron chi connectivity index (χ0n) is 12.8. The fourth-order valence-corrected chi connectivity index (χ4v) is 1.77. The Kier molecular flexibility index (Phi) is 5.50. The van der Waals surface area contributed by atoms with Crippen LogP contribution in [-0.2, 0) is 20.9 Å². The van der Waals surface area contributed by atoms with Gasteiger partial charge in [0.1, 0.15) is 12.3 Å². The minimum atomic E-state index is -0.783. The first-order valence-electron chi connectivity index (χ1n) is 6.87. The maximum Gasteiger partial charge on any atom is 0.328 e. The van der Waals surface area contributed by atoms with Crippen LogP contribution in [0.15, 0.2) is 46.1 Å². The SMILES string of the molecule is COc1ccc(NC(=O)COC(=O)Cn2ccc(=O)[nH]c2=O)cc1. The highest BCUT2D eigenvalue weighted by atomic mass is 16.5. The van der Waals surface area contributed by atoms with Crippen LogP contribution in [0, 0.1) is 0 Å². The summed E-state index contributed by atoms with van der Waals surface area (Å²) in [5.41, 5.74) is -0.778. The van der Waals surface area contributed by atoms with Crippen LogP contribution in [-0.4, -0.2) is 35.1 Å². The Morgan fingerprint density at radius 1 is 1.17 bits per heavy atom. The molecular weight excluding hydrogens is 318 g/mol. The van der Waals surface area contributed by atoms with Gasteiger partial charge in [-0.1, -0.05) is 0 Å². The second kappa shape index (κ2) is 7.77. The first-order chi connectivity index (χ1) is 11.5. The largest absolute Gasteiger partial charge is 0.497 e. The smallest absolute Gasteiger partial charge is 0.328 e. The molecule has 2 N–H and O–H groups in total. The number of carbonyl (C=O) groups excluding carboxylic acids is 2. The van der Waals surface area contributed by atoms with Gasteiger partial charge in [-0.05, 0) is 24.3 Å². The summed E-state index contributed by atoms with van der Waals surface area (Å²) in [4.78, 5) is 47.7. The zero-order chi connectivity index (χ0) is 17.5. The molecule has 1 heterocycles. The summed E-state index contributed by atoms with van der Waals surface area (Å²) in [7, 11) is 1.53. The molecule has 9 heteroatoms. The fraction of sp³-hybridized carbons (Fsp3) is 0.200. The van der Waals surface area contributed by atoms with Gasteiger partial charge in [-0.2, -0.15) is 0 Å². The maximum atomic E-state index is 11.7. The number of benzene rings is 1. The van der Waals surface area contributed by atoms with Crippen LogP contribution in [0.2, 0.25) is 0 Å². The molecule has 126 valence electrons. The number of anilines is 1. The van der Waals surface area contributed by atoms with E-state index in [4.69, 9.17) is 9.47 Å². The van der Waals surface area contributed by atoms with Gasteiger partial charge in [0, 0.05) is 18.0 Å². The number of aromatic nitrogens is 2. The summed E-state index contributed by atoms with van der Waals surface area (Å²) in [5.74, 6) is -0.665. The minimum absolute atomic E-state index is 0.411. The second-order valence-corrected chi connectivity index (χ2v) is 4.68. The van der Waals surface area contributed by atoms with Gasteiger partial charge >= 0.3 is 11.7 Å². The predicted octanol–water partition coefficient (Wildman–Crippen LogP) is -0.273. The number of nitrogens with zero attached hydrogens (tertiary/aromatic N) is 1. The third kappa shape index (κ3) is 4.83. The number of rotatable bonds is 6. The van der Waals surface area contributed by atoms with Crippen LogP contribution in [0.25, 0.3) is 0 Å². The molecule has 1 aromatic heterocycles. The average Bonchev–Trinajstić information content (AvgIpc) is 2.56. The highest BCUT2D eigenvalue weighted by Crippen LogP contribution is 2.14. The number of H-pyrrole nitrogens is 1. The number of carbonyl (C=O) groups is 2. The van der Waals surface area contributed by atoms with Crippen molar-refractivity contribution in [3.05, 3.63) is 57.4 Å². The molecule has 0 aliphatic carbocycles. The van der Waals surface area contributed by atoms with Crippen LogP contribution in [0.5, 0.6) is 5.75 Å². The quantitative estimate of drug-likeness (QED) is 0.702. The Hall–Kier alpha value is -3.36. The number of hydrogen-bond acceptors (Lipinski definition) is 6. The Labute approximate surface area is 135 Å². The van der Waals surface area contributed by atoms with Crippen LogP contribution in [0.4, 0.5) is 5.69 Å². The Morgan fingerprint density at radius 2 is 1.88 bits per heavy atom. The molecule has 24 heavy (non-hydrogen) atoms. The molecule has 9 nitrogen and oxygen atoms in total. The number of nitrogens with one attached hydrogen (secondary N) is 2. The number of esters is 1. The van der Waals surface area contributed by atoms with Crippen LogP contribution < -0.4 is 21.3 Å². The fourth-order valence-electron chi connectivity index (χ4n) is 1.77. The lowest BCUT2D eigenvalue weighted by molar-refractivity contribution is -0.148. The van der Waals surface area contributed by atoms with Crippen molar-refractivity contribution in [1.82, 2.24) is 9.55 Å². The molecule has 0 bridgehead atoms. The van der Waals surface area contributed by atoms with E-state index in [1.54, 1.807) is 24.3 Å². The lowest BCUT2D eigenvalue weighted by Gasteiger charge is -2.08. The van der Waals surface area contributed by atoms with Crippen LogP contribution >= 0.6 is 0 Å². The van der Waals surface area contributed by atoms with Crippen molar-refractivity contribution in [1.29, 1.82) is 0 Å². The van der Waals surface area contributed by atoms with E-state index in [1.165, 1.54) is 13.3 Å². The molecule has 2 aromatic rings. The van der Waals surface area contributed by atoms with Crippen molar-refractivity contribution in [2.24, 2.45) is 0 Å². The van der Waals surface area contributed by atoms with Gasteiger partial charge in [-0.3, -0.25) is 23.9 Å². The first-order valence-corrected chi connectivity index (χ1v) is 6.87. The second-order valence-electron chi connectivity index (χ2n) is 4.68. The number of hydrogen-bond donors (Lipinski definition) is 2. The van der Waals surface area contributed by atoms with E-state index in [2.05, 4.69) is 5.32 Å². The highest BCUT2D eigenvalue weighted by molar-refractivity contribution is 5.92. The molecule has 1 amide bonds. The van der Waals surface area contributed by atoms with Crippen LogP contribution in [0.3, 0.4) is 0 Å². The van der Waals surface area contributed by atoms with E-state index >= 15 is 0 Å². The molecule has 0 radical (unpaired) electrons. The summed E-state index contributed by atoms with van der Waals surface area (Å²) >= 11 is 0. The van der Waals surface area contributed by atoms with Gasteiger partial charge in [0.25, 0.3) is 11.5 Å². The van der Waals surface area contributed by atoms with Gasteiger partial charge < -0.3 is 14.8 Å². The van der Waals surface area contributed by atoms with Crippen molar-refractivity contribution in [3.8, 4) is 5.75 Å². The van der Waals surface area contributed by atoms with E-state index in [-0.39, 0.29) is 0 Å². The summed E-state index contributed by atoms with van der Waals surface area (Å²) in [6.07, 6.45) is 1.17. The predicted molar refractivity (Wildman–Crippen MR) is 83.9 cm³/mol. The molecule has 1 aromatic carbocycles. The molecule has 0 atom stereocenters. The van der Waals surface area contributed by atoms with Crippen molar-refractivity contribution in [2.75, 3.05) is 19.0 Å². The van der Waals surface area contributed by atoms with E-state index in [0.717, 1.165) is 10.6 Å². The Balaban J connectivity index is 1.83. The third-order valence-corrected chi connectivity index (χ3v) is 2.93. The van der Waals surface area contributed by atoms with Crippen molar-refractivity contribution < 1.29 is 19.1 Å². The van der Waals surface area contributed by atoms with E-state index in [1.807, 2.05) is 4.98 Å². The monoisotopic (exact) mass is 333 g/mol. The molecular formula is C15H15N3O6. The van der Waals surface area contributed by atoms with Crippen LogP contribution in [0.1, 0.15) is 0 Å². The lowest BCUT2D eigenvalue weighted by Crippen LogP contribution is -2.32. The van der Waals surface area contributed by atoms with Crippen molar-refractivity contribution in [2.45, 2.75) is 6.54 Å². The molecule has 0 fully saturated rings. The standard InChI is InChI=1S/C15H15N3O6/c1-23-11-4-2-10(3-5-11)16-13(20)9-24-14(21)8-18-7-6-12(19)17-15(18)22/h2-7H,8-9H2,1H3,(H,16,20)(H,17,19,22). The van der Waals surface area contributed by atoms with Crippen molar-refractivity contribution in [3.63, 3.8) is 0 Å². The van der Waals surface area contributed by atoms with Gasteiger partial charge in [0.2, 0.25) is 0 Å². The molecule has 0 saturated heterocycles. The Bertz CT molecular complexity index is 837. The molecule has 0 unspecified atom stereocenters. The van der Waals surface area contributed by atoms with E-state index in [9.17, 15) is 19.2 Å². The highest BCUT2D eigenvalue weighted by Gasteiger charge is 2.10. The summed E-state index contributed by atoms with van der Waals surface area (Å²) in [6, 6.07) is 7.72. The van der Waals surface area contributed by atoms with Gasteiger partial charge in [0.05, 0.1) is 7.11 Å². The Morgan fingerprint density at radius 3 is 2.50 bits per heavy atom. The summed E-state index contributed by atoms with van der Waals surface area (Å²) in [5, 5.41) is 2.54. The van der Waals surface area contributed by atoms with Crippen molar-refractivity contribution >= 4 is 17.6 Å². The lowest BCUT2D eigenvalue weighted by atomic mass is 10.3. The average molecular weight is 333 g/mol. The maximum absolute atomic E-state index is 11.7. The van der Waals surface area contributed by atoms with Gasteiger partial charge in [-0.25, -0.2) is 4.79 Å². The van der Waals surface area contributed by atoms with E-state index in [0.29, 0.717) is 11.4 Å². The molecule has 0 saturated carbocycles. The number of methoxy groups -OCH3 is 1. The summed E-state index contributed by atoms with van der Waals surface area (Å²) < 4.78 is 10.7. The molecule has 0 aliphatic heterocycles. The number of aromatic amines is 1. The first kappa shape index (κ1) is 17.0. The topological polar surface area (TPSA) is 119 Å². The summed E-state index contributed by atoms with van der Waals surface area (Å²) in [6.45, 7) is -0.908. The number of ether oxygens (including phenoxy) is 2. The molecule has 2 rings (SSSR count). The molecule has 0 aliphatic rings. The van der Waals surface area contributed by atoms with Gasteiger partial charge in [-0.15, -0.1) is 0 Å². The minimum Gasteiger partial charge on any atom is -0.497 e. The zero-order valence-corrected chi connectivity index (χ0v) is 12.8. The normalized spacial score (nSPS) is 10.0. The van der Waals surface area contributed by atoms with Gasteiger partial charge in [0.15, 0.2) is 6.61 Å². The third-order valence-electron chi connectivity index (χ3n) is 2.93. The number of amides is 1.